The van der Waals surface area contributed by atoms with Gasteiger partial charge in [-0.2, -0.15) is 0 Å². The van der Waals surface area contributed by atoms with Crippen LogP contribution in [-0.4, -0.2) is 22.6 Å². The monoisotopic (exact) mass is 608 g/mol. The lowest BCUT2D eigenvalue weighted by Gasteiger charge is -2.11. The molecule has 0 aliphatic heterocycles. The number of carbonyl (C=O) groups is 2. The van der Waals surface area contributed by atoms with Gasteiger partial charge in [-0.1, -0.05) is 58.0 Å². The number of carbonyl (C=O) groups excluding carboxylic acids is 2. The zero-order valence-corrected chi connectivity index (χ0v) is 22.8. The molecule has 3 aromatic carbocycles. The Balaban J connectivity index is 1.47. The molecule has 182 valence electrons. The van der Waals surface area contributed by atoms with Gasteiger partial charge in [0, 0.05) is 32.2 Å². The lowest BCUT2D eigenvalue weighted by atomic mass is 10.1. The average Bonchev–Trinajstić information content (AvgIpc) is 3.37. The van der Waals surface area contributed by atoms with Crippen molar-refractivity contribution >= 4 is 104 Å². The molecule has 1 aliphatic carbocycles. The van der Waals surface area contributed by atoms with E-state index in [1.54, 1.807) is 42.5 Å². The van der Waals surface area contributed by atoms with Gasteiger partial charge in [-0.3, -0.25) is 9.59 Å². The fourth-order valence-corrected chi connectivity index (χ4v) is 5.71. The predicted octanol–water partition coefficient (Wildman–Crippen LogP) is 8.77. The summed E-state index contributed by atoms with van der Waals surface area (Å²) in [4.78, 5) is 25.8. The predicted molar refractivity (Wildman–Crippen MR) is 146 cm³/mol. The third-order valence-corrected chi connectivity index (χ3v) is 7.75. The van der Waals surface area contributed by atoms with Crippen molar-refractivity contribution in [2.45, 2.75) is 10.3 Å². The number of rotatable bonds is 7. The van der Waals surface area contributed by atoms with E-state index in [4.69, 9.17) is 81.2 Å². The normalized spacial score (nSPS) is 18.1. The summed E-state index contributed by atoms with van der Waals surface area (Å²) < 4.78 is -1.33. The molecule has 4 nitrogen and oxygen atoms in total. The van der Waals surface area contributed by atoms with Crippen LogP contribution in [0.2, 0.25) is 25.1 Å². The zero-order chi connectivity index (χ0) is 25.5. The highest BCUT2D eigenvalue weighted by molar-refractivity contribution is 6.53. The molecule has 0 spiro atoms. The molecule has 1 fully saturated rings. The highest BCUT2D eigenvalue weighted by atomic mass is 35.5. The number of nitrogens with one attached hydrogen (secondary N) is 2. The molecule has 0 heterocycles. The molecule has 35 heavy (non-hydrogen) atoms. The lowest BCUT2D eigenvalue weighted by Crippen LogP contribution is -2.18. The summed E-state index contributed by atoms with van der Waals surface area (Å²) in [5.41, 5.74) is 1.74. The second kappa shape index (κ2) is 10.5. The van der Waals surface area contributed by atoms with E-state index in [9.17, 15) is 9.59 Å². The highest BCUT2D eigenvalue weighted by Crippen LogP contribution is 2.65. The topological polar surface area (TPSA) is 58.2 Å². The van der Waals surface area contributed by atoms with Gasteiger partial charge in [-0.15, -0.1) is 23.2 Å². The van der Waals surface area contributed by atoms with Crippen LogP contribution in [0.15, 0.2) is 54.6 Å². The van der Waals surface area contributed by atoms with E-state index in [1.807, 2.05) is 0 Å². The van der Waals surface area contributed by atoms with Gasteiger partial charge < -0.3 is 10.6 Å². The van der Waals surface area contributed by atoms with Crippen molar-refractivity contribution < 1.29 is 9.59 Å². The van der Waals surface area contributed by atoms with Crippen LogP contribution < -0.4 is 10.6 Å². The van der Waals surface area contributed by atoms with Crippen LogP contribution in [0.25, 0.3) is 0 Å². The standard InChI is InChI=1S/C24H15Cl7N2O2/c25-12-1-3-18(29)19(8-12)32-10-20(34)16-9-15(2-4-17(16)28)33-23(35)22-21(24(22,30)31)11-5-13(26)7-14(27)6-11/h1-9,21-22,32H,10H2,(H,33,35). The van der Waals surface area contributed by atoms with E-state index in [0.29, 0.717) is 37.0 Å². The minimum atomic E-state index is -1.33. The minimum Gasteiger partial charge on any atom is -0.376 e. The minimum absolute atomic E-state index is 0.0934. The van der Waals surface area contributed by atoms with E-state index in [0.717, 1.165) is 0 Å². The number of hydrogen-bond acceptors (Lipinski definition) is 3. The molecular weight excluding hydrogens is 596 g/mol. The summed E-state index contributed by atoms with van der Waals surface area (Å²) in [5, 5.41) is 7.65. The van der Waals surface area contributed by atoms with Crippen molar-refractivity contribution in [2.75, 3.05) is 17.2 Å². The first-order chi connectivity index (χ1) is 16.5. The SMILES string of the molecule is O=C(CNc1cc(Cl)ccc1Cl)c1cc(NC(=O)C2C(c3cc(Cl)cc(Cl)c3)C2(Cl)Cl)ccc1Cl. The van der Waals surface area contributed by atoms with Crippen molar-refractivity contribution in [3.8, 4) is 0 Å². The summed E-state index contributed by atoms with van der Waals surface area (Å²) in [6.07, 6.45) is 0. The van der Waals surface area contributed by atoms with E-state index in [2.05, 4.69) is 10.6 Å². The molecule has 1 saturated carbocycles. The third-order valence-electron chi connectivity index (χ3n) is 5.48. The number of ketones is 1. The van der Waals surface area contributed by atoms with Gasteiger partial charge in [0.25, 0.3) is 0 Å². The Kier molecular flexibility index (Phi) is 8.04. The van der Waals surface area contributed by atoms with Crippen molar-refractivity contribution in [1.29, 1.82) is 0 Å². The zero-order valence-electron chi connectivity index (χ0n) is 17.5. The van der Waals surface area contributed by atoms with Crippen molar-refractivity contribution in [3.05, 3.63) is 90.8 Å². The molecule has 2 N–H and O–H groups in total. The first kappa shape index (κ1) is 26.7. The van der Waals surface area contributed by atoms with Crippen molar-refractivity contribution in [1.82, 2.24) is 0 Å². The van der Waals surface area contributed by atoms with E-state index in [1.165, 1.54) is 12.1 Å². The van der Waals surface area contributed by atoms with Gasteiger partial charge in [0.2, 0.25) is 5.91 Å². The van der Waals surface area contributed by atoms with E-state index >= 15 is 0 Å². The summed E-state index contributed by atoms with van der Waals surface area (Å²) in [7, 11) is 0. The molecule has 1 aliphatic rings. The van der Waals surface area contributed by atoms with Gasteiger partial charge in [-0.05, 0) is 60.2 Å². The molecule has 2 atom stereocenters. The Morgan fingerprint density at radius 1 is 0.800 bits per heavy atom. The second-order valence-corrected chi connectivity index (χ2v) is 11.5. The summed E-state index contributed by atoms with van der Waals surface area (Å²) in [6, 6.07) is 14.4. The van der Waals surface area contributed by atoms with Crippen LogP contribution >= 0.6 is 81.2 Å². The Morgan fingerprint density at radius 2 is 1.46 bits per heavy atom. The molecule has 0 bridgehead atoms. The van der Waals surface area contributed by atoms with Crippen molar-refractivity contribution in [2.24, 2.45) is 5.92 Å². The first-order valence-electron chi connectivity index (χ1n) is 10.1. The molecule has 3 aromatic rings. The number of halogens is 7. The number of hydrogen-bond donors (Lipinski definition) is 2. The quantitative estimate of drug-likeness (QED) is 0.208. The van der Waals surface area contributed by atoms with Crippen LogP contribution in [0, 0.1) is 5.92 Å². The average molecular weight is 612 g/mol. The maximum atomic E-state index is 13.0. The first-order valence-corrected chi connectivity index (χ1v) is 12.8. The van der Waals surface area contributed by atoms with E-state index < -0.39 is 22.1 Å². The van der Waals surface area contributed by atoms with Crippen LogP contribution in [-0.2, 0) is 4.79 Å². The summed E-state index contributed by atoms with van der Waals surface area (Å²) in [5.74, 6) is -1.98. The molecule has 0 aromatic heterocycles. The number of Topliss-reactive ketones (excluding diaryl/α,β-unsaturated/α-hetero) is 1. The maximum Gasteiger partial charge on any atom is 0.231 e. The number of alkyl halides is 2. The van der Waals surface area contributed by atoms with Gasteiger partial charge in [0.05, 0.1) is 28.2 Å². The highest BCUT2D eigenvalue weighted by Gasteiger charge is 2.67. The van der Waals surface area contributed by atoms with Gasteiger partial charge in [0.1, 0.15) is 4.33 Å². The molecule has 4 rings (SSSR count). The summed E-state index contributed by atoms with van der Waals surface area (Å²) in [6.45, 7) is -0.0934. The Hall–Kier alpha value is -1.37. The van der Waals surface area contributed by atoms with E-state index in [-0.39, 0.29) is 22.9 Å². The van der Waals surface area contributed by atoms with Crippen LogP contribution in [0.5, 0.6) is 0 Å². The van der Waals surface area contributed by atoms with Gasteiger partial charge >= 0.3 is 0 Å². The van der Waals surface area contributed by atoms with Gasteiger partial charge in [-0.25, -0.2) is 0 Å². The largest absolute Gasteiger partial charge is 0.376 e. The number of benzene rings is 3. The molecule has 2 unspecified atom stereocenters. The van der Waals surface area contributed by atoms with Crippen LogP contribution in [0.4, 0.5) is 11.4 Å². The number of amides is 1. The van der Waals surface area contributed by atoms with Gasteiger partial charge in [0.15, 0.2) is 5.78 Å². The van der Waals surface area contributed by atoms with Crippen LogP contribution in [0.3, 0.4) is 0 Å². The fraction of sp³-hybridized carbons (Fsp3) is 0.167. The maximum absolute atomic E-state index is 13.0. The third kappa shape index (κ3) is 5.97. The molecule has 0 saturated heterocycles. The molecule has 1 amide bonds. The smallest absolute Gasteiger partial charge is 0.231 e. The summed E-state index contributed by atoms with van der Waals surface area (Å²) >= 11 is 43.4. The molecular formula is C24H15Cl7N2O2. The molecule has 11 heteroatoms. The number of anilines is 2. The Bertz CT molecular complexity index is 1310. The molecule has 0 radical (unpaired) electrons. The lowest BCUT2D eigenvalue weighted by molar-refractivity contribution is -0.117. The Morgan fingerprint density at radius 3 is 2.14 bits per heavy atom. The fourth-order valence-electron chi connectivity index (χ4n) is 3.76. The van der Waals surface area contributed by atoms with Crippen LogP contribution in [0.1, 0.15) is 21.8 Å². The Labute approximate surface area is 236 Å². The second-order valence-electron chi connectivity index (χ2n) is 7.92. The van der Waals surface area contributed by atoms with Crippen molar-refractivity contribution in [3.63, 3.8) is 0 Å².